The fraction of sp³-hybridized carbons (Fsp3) is 0.194. The van der Waals surface area contributed by atoms with Gasteiger partial charge in [0.25, 0.3) is 11.5 Å². The van der Waals surface area contributed by atoms with Crippen LogP contribution in [0.15, 0.2) is 84.0 Å². The van der Waals surface area contributed by atoms with Gasteiger partial charge in [0.05, 0.1) is 6.54 Å². The van der Waals surface area contributed by atoms with Crippen molar-refractivity contribution < 1.29 is 13.6 Å². The van der Waals surface area contributed by atoms with Crippen molar-refractivity contribution in [1.29, 1.82) is 0 Å². The monoisotopic (exact) mass is 528 g/mol. The number of benzene rings is 2. The summed E-state index contributed by atoms with van der Waals surface area (Å²) >= 11 is 0. The first-order valence-electron chi connectivity index (χ1n) is 12.8. The van der Waals surface area contributed by atoms with Gasteiger partial charge in [0.2, 0.25) is 0 Å². The minimum atomic E-state index is -0.781. The van der Waals surface area contributed by atoms with E-state index in [1.54, 1.807) is 30.6 Å². The van der Waals surface area contributed by atoms with Crippen LogP contribution in [0.25, 0.3) is 10.9 Å². The highest BCUT2D eigenvalue weighted by molar-refractivity contribution is 5.94. The van der Waals surface area contributed by atoms with Gasteiger partial charge in [-0.05, 0) is 60.0 Å². The molecule has 0 aliphatic carbocycles. The van der Waals surface area contributed by atoms with Crippen LogP contribution in [0.3, 0.4) is 0 Å². The molecule has 0 spiro atoms. The van der Waals surface area contributed by atoms with Crippen LogP contribution in [-0.4, -0.2) is 20.4 Å². The smallest absolute Gasteiger partial charge is 0.286 e. The van der Waals surface area contributed by atoms with Crippen molar-refractivity contribution in [2.45, 2.75) is 40.3 Å². The average molecular weight is 529 g/mol. The highest BCUT2D eigenvalue weighted by atomic mass is 19.1. The first-order valence-corrected chi connectivity index (χ1v) is 12.8. The molecule has 2 N–H and O–H groups in total. The molecule has 5 rings (SSSR count). The van der Waals surface area contributed by atoms with Gasteiger partial charge < -0.3 is 14.9 Å². The number of amides is 1. The van der Waals surface area contributed by atoms with Crippen LogP contribution in [0.1, 0.15) is 52.2 Å². The van der Waals surface area contributed by atoms with E-state index in [2.05, 4.69) is 15.3 Å². The Morgan fingerprint density at radius 3 is 2.51 bits per heavy atom. The van der Waals surface area contributed by atoms with Gasteiger partial charge in [0.1, 0.15) is 5.82 Å². The predicted molar refractivity (Wildman–Crippen MR) is 149 cm³/mol. The average Bonchev–Trinajstić information content (AvgIpc) is 3.31. The largest absolute Gasteiger partial charge is 0.361 e. The zero-order valence-corrected chi connectivity index (χ0v) is 22.1. The normalized spacial score (nSPS) is 10.7. The van der Waals surface area contributed by atoms with Gasteiger partial charge in [-0.25, -0.2) is 8.78 Å². The molecule has 0 saturated carbocycles. The fourth-order valence-electron chi connectivity index (χ4n) is 4.26. The third-order valence-electron chi connectivity index (χ3n) is 6.31. The van der Waals surface area contributed by atoms with Crippen LogP contribution in [0.4, 0.5) is 8.78 Å². The number of hydrogen-bond donors (Lipinski definition) is 2. The summed E-state index contributed by atoms with van der Waals surface area (Å²) in [6, 6.07) is 16.7. The second-order valence-corrected chi connectivity index (χ2v) is 8.96. The Balaban J connectivity index is 0.00000172. The number of pyridine rings is 2. The maximum Gasteiger partial charge on any atom is 0.286 e. The van der Waals surface area contributed by atoms with Crippen molar-refractivity contribution in [3.63, 3.8) is 0 Å². The Morgan fingerprint density at radius 1 is 1.00 bits per heavy atom. The molecule has 200 valence electrons. The van der Waals surface area contributed by atoms with Gasteiger partial charge >= 0.3 is 0 Å². The minimum absolute atomic E-state index is 0.0682. The van der Waals surface area contributed by atoms with E-state index < -0.39 is 11.4 Å². The predicted octanol–water partition coefficient (Wildman–Crippen LogP) is 5.91. The number of rotatable bonds is 7. The summed E-state index contributed by atoms with van der Waals surface area (Å²) in [5.74, 6) is -1.48. The Bertz CT molecular complexity index is 1660. The number of H-pyrrole nitrogens is 1. The third-order valence-corrected chi connectivity index (χ3v) is 6.31. The molecule has 5 aromatic rings. The molecule has 6 nitrogen and oxygen atoms in total. The number of nitrogens with one attached hydrogen (secondary N) is 2. The van der Waals surface area contributed by atoms with Gasteiger partial charge in [-0.3, -0.25) is 14.6 Å². The van der Waals surface area contributed by atoms with E-state index in [9.17, 15) is 18.4 Å². The molecule has 0 unspecified atom stereocenters. The summed E-state index contributed by atoms with van der Waals surface area (Å²) < 4.78 is 29.3. The highest BCUT2D eigenvalue weighted by Gasteiger charge is 2.12. The Hall–Kier alpha value is -4.59. The van der Waals surface area contributed by atoms with Gasteiger partial charge in [0, 0.05) is 59.3 Å². The summed E-state index contributed by atoms with van der Waals surface area (Å²) in [6.45, 7) is 6.28. The summed E-state index contributed by atoms with van der Waals surface area (Å²) in [7, 11) is 0. The lowest BCUT2D eigenvalue weighted by Crippen LogP contribution is -2.23. The first kappa shape index (κ1) is 27.4. The number of nitrogens with zero attached hydrogens (tertiary/aromatic N) is 2. The fourth-order valence-corrected chi connectivity index (χ4v) is 4.26. The van der Waals surface area contributed by atoms with Crippen molar-refractivity contribution in [1.82, 2.24) is 19.9 Å². The van der Waals surface area contributed by atoms with E-state index in [4.69, 9.17) is 0 Å². The molecule has 8 heteroatoms. The Kier molecular flexibility index (Phi) is 8.66. The van der Waals surface area contributed by atoms with Gasteiger partial charge in [-0.1, -0.05) is 38.1 Å². The lowest BCUT2D eigenvalue weighted by Gasteiger charge is -2.09. The number of aromatic nitrogens is 3. The molecule has 2 aromatic carbocycles. The van der Waals surface area contributed by atoms with E-state index in [-0.39, 0.29) is 24.8 Å². The van der Waals surface area contributed by atoms with E-state index in [0.717, 1.165) is 33.7 Å². The number of aromatic amines is 1. The van der Waals surface area contributed by atoms with E-state index in [0.29, 0.717) is 23.2 Å². The number of fused-ring (bicyclic) bond motifs is 1. The van der Waals surface area contributed by atoms with Gasteiger partial charge in [0.15, 0.2) is 5.82 Å². The summed E-state index contributed by atoms with van der Waals surface area (Å²) in [5.41, 5.74) is 4.46. The summed E-state index contributed by atoms with van der Waals surface area (Å²) in [4.78, 5) is 32.1. The van der Waals surface area contributed by atoms with Crippen molar-refractivity contribution in [2.75, 3.05) is 0 Å². The lowest BCUT2D eigenvalue weighted by atomic mass is 10.1. The van der Waals surface area contributed by atoms with E-state index >= 15 is 0 Å². The lowest BCUT2D eigenvalue weighted by molar-refractivity contribution is 0.0950. The number of halogens is 2. The first-order chi connectivity index (χ1) is 18.9. The van der Waals surface area contributed by atoms with Crippen LogP contribution < -0.4 is 10.9 Å². The topological polar surface area (TPSA) is 79.8 Å². The number of carbonyl (C=O) groups excluding carboxylic acids is 1. The maximum atomic E-state index is 14.5. The molecule has 0 atom stereocenters. The summed E-state index contributed by atoms with van der Waals surface area (Å²) in [5, 5.41) is 3.71. The number of hydrogen-bond acceptors (Lipinski definition) is 3. The molecule has 3 heterocycles. The molecule has 0 aliphatic heterocycles. The standard InChI is InChI=1S/C29H24F2N4O2.C2H6/c1-18-15-33-27-14-26(31)22(13-24(18)27)16-34-28(36)21-8-9-32-23(12-21)11-19-4-6-20(7-5-19)17-35-10-2-3-25(30)29(35)37;1-2/h2-10,12-15,33H,11,16-17H2,1H3,(H,34,36);1-2H3. The van der Waals surface area contributed by atoms with Crippen molar-refractivity contribution in [3.05, 3.63) is 135 Å². The van der Waals surface area contributed by atoms with Crippen molar-refractivity contribution in [2.24, 2.45) is 0 Å². The summed E-state index contributed by atoms with van der Waals surface area (Å²) in [6.07, 6.45) is 5.45. The molecule has 0 bridgehead atoms. The van der Waals surface area contributed by atoms with E-state index in [1.807, 2.05) is 51.2 Å². The zero-order chi connectivity index (χ0) is 27.9. The molecule has 39 heavy (non-hydrogen) atoms. The number of aryl methyl sites for hydroxylation is 1. The Labute approximate surface area is 225 Å². The molecule has 1 amide bonds. The highest BCUT2D eigenvalue weighted by Crippen LogP contribution is 2.22. The second-order valence-electron chi connectivity index (χ2n) is 8.96. The van der Waals surface area contributed by atoms with Gasteiger partial charge in [-0.2, -0.15) is 0 Å². The molecule has 0 aliphatic rings. The Morgan fingerprint density at radius 2 is 1.74 bits per heavy atom. The van der Waals surface area contributed by atoms with Crippen LogP contribution in [0, 0.1) is 18.6 Å². The van der Waals surface area contributed by atoms with Crippen LogP contribution in [0.2, 0.25) is 0 Å². The number of carbonyl (C=O) groups is 1. The third kappa shape index (κ3) is 6.46. The minimum Gasteiger partial charge on any atom is -0.361 e. The molecule has 0 radical (unpaired) electrons. The van der Waals surface area contributed by atoms with Crippen LogP contribution in [0.5, 0.6) is 0 Å². The van der Waals surface area contributed by atoms with Crippen molar-refractivity contribution in [3.8, 4) is 0 Å². The molecular formula is C31H30F2N4O2. The molecule has 0 saturated heterocycles. The SMILES string of the molecule is CC.Cc1c[nH]c2cc(F)c(CNC(=O)c3ccnc(Cc4ccc(Cn5cccc(F)c5=O)cc4)c3)cc12. The van der Waals surface area contributed by atoms with Crippen LogP contribution >= 0.6 is 0 Å². The molecule has 3 aromatic heterocycles. The van der Waals surface area contributed by atoms with Crippen LogP contribution in [-0.2, 0) is 19.5 Å². The maximum absolute atomic E-state index is 14.5. The molecular weight excluding hydrogens is 498 g/mol. The van der Waals surface area contributed by atoms with Gasteiger partial charge in [-0.15, -0.1) is 0 Å². The van der Waals surface area contributed by atoms with E-state index in [1.165, 1.54) is 16.7 Å². The van der Waals surface area contributed by atoms with Crippen molar-refractivity contribution >= 4 is 16.8 Å². The quantitative estimate of drug-likeness (QED) is 0.276. The molecule has 0 fully saturated rings. The zero-order valence-electron chi connectivity index (χ0n) is 22.1. The second kappa shape index (κ2) is 12.3.